The van der Waals surface area contributed by atoms with Gasteiger partial charge in [0.1, 0.15) is 17.6 Å². The summed E-state index contributed by atoms with van der Waals surface area (Å²) in [6, 6.07) is 17.4. The summed E-state index contributed by atoms with van der Waals surface area (Å²) in [5, 5.41) is 14.1. The topological polar surface area (TPSA) is 112 Å². The standard InChI is InChI=1S/C26H19FN4O4/c1-35-20-8-4-17-13-31(23(32)21(17)11-20)14-26(24(33)29-25(34)30-26)19-6-2-15(3-7-19)16-5-9-22(27)18(10-16)12-28/h2-11H,13-14H2,1H3,(H2,29,30,33,34). The lowest BCUT2D eigenvalue weighted by Gasteiger charge is -2.31. The zero-order valence-corrected chi connectivity index (χ0v) is 18.6. The number of amides is 4. The summed E-state index contributed by atoms with van der Waals surface area (Å²) < 4.78 is 18.9. The normalized spacial score (nSPS) is 18.7. The highest BCUT2D eigenvalue weighted by atomic mass is 19.1. The number of halogens is 1. The first kappa shape index (κ1) is 22.1. The minimum atomic E-state index is -1.49. The van der Waals surface area contributed by atoms with Gasteiger partial charge >= 0.3 is 6.03 Å². The molecule has 3 aromatic carbocycles. The minimum Gasteiger partial charge on any atom is -0.497 e. The lowest BCUT2D eigenvalue weighted by Crippen LogP contribution is -2.52. The Labute approximate surface area is 199 Å². The molecule has 0 radical (unpaired) electrons. The molecule has 174 valence electrons. The quantitative estimate of drug-likeness (QED) is 0.557. The van der Waals surface area contributed by atoms with Gasteiger partial charge in [0.2, 0.25) is 0 Å². The maximum absolute atomic E-state index is 13.7. The van der Waals surface area contributed by atoms with Gasteiger partial charge < -0.3 is 15.0 Å². The molecule has 9 heteroatoms. The van der Waals surface area contributed by atoms with E-state index in [9.17, 15) is 18.8 Å². The third-order valence-corrected chi connectivity index (χ3v) is 6.36. The van der Waals surface area contributed by atoms with Gasteiger partial charge in [-0.25, -0.2) is 9.18 Å². The molecule has 0 spiro atoms. The molecular formula is C26H19FN4O4. The second-order valence-electron chi connectivity index (χ2n) is 8.38. The number of carbonyl (C=O) groups is 3. The maximum Gasteiger partial charge on any atom is 0.322 e. The largest absolute Gasteiger partial charge is 0.497 e. The molecule has 5 rings (SSSR count). The number of hydrogen-bond acceptors (Lipinski definition) is 5. The molecule has 2 N–H and O–H groups in total. The van der Waals surface area contributed by atoms with Crippen molar-refractivity contribution in [1.29, 1.82) is 5.26 Å². The SMILES string of the molecule is COc1ccc2c(c1)C(=O)N(CC1(c3ccc(-c4ccc(F)c(C#N)c4)cc3)NC(=O)NC1=O)C2. The Balaban J connectivity index is 1.48. The van der Waals surface area contributed by atoms with E-state index in [1.165, 1.54) is 24.1 Å². The molecule has 4 amide bonds. The van der Waals surface area contributed by atoms with E-state index >= 15 is 0 Å². The van der Waals surface area contributed by atoms with Gasteiger partial charge in [0.25, 0.3) is 11.8 Å². The second kappa shape index (κ2) is 8.25. The molecule has 1 saturated heterocycles. The van der Waals surface area contributed by atoms with Crippen molar-refractivity contribution in [3.63, 3.8) is 0 Å². The van der Waals surface area contributed by atoms with Crippen molar-refractivity contribution in [1.82, 2.24) is 15.5 Å². The number of ether oxygens (including phenoxy) is 1. The van der Waals surface area contributed by atoms with Crippen LogP contribution < -0.4 is 15.4 Å². The zero-order chi connectivity index (χ0) is 24.7. The van der Waals surface area contributed by atoms with E-state index in [1.54, 1.807) is 48.5 Å². The maximum atomic E-state index is 13.7. The van der Waals surface area contributed by atoms with Gasteiger partial charge in [0.05, 0.1) is 19.2 Å². The molecule has 2 aliphatic heterocycles. The number of nitrogens with one attached hydrogen (secondary N) is 2. The van der Waals surface area contributed by atoms with E-state index in [1.807, 2.05) is 6.07 Å². The van der Waals surface area contributed by atoms with Gasteiger partial charge in [0.15, 0.2) is 5.54 Å². The van der Waals surface area contributed by atoms with Crippen molar-refractivity contribution in [3.8, 4) is 22.9 Å². The zero-order valence-electron chi connectivity index (χ0n) is 18.6. The number of urea groups is 1. The molecule has 0 aliphatic carbocycles. The predicted molar refractivity (Wildman–Crippen MR) is 123 cm³/mol. The third kappa shape index (κ3) is 3.65. The number of fused-ring (bicyclic) bond motifs is 1. The summed E-state index contributed by atoms with van der Waals surface area (Å²) in [6.07, 6.45) is 0. The molecule has 0 aromatic heterocycles. The molecule has 3 aromatic rings. The van der Waals surface area contributed by atoms with Gasteiger partial charge in [-0.05, 0) is 46.5 Å². The lowest BCUT2D eigenvalue weighted by atomic mass is 9.88. The first-order valence-corrected chi connectivity index (χ1v) is 10.7. The van der Waals surface area contributed by atoms with Crippen LogP contribution in [0, 0.1) is 17.1 Å². The van der Waals surface area contributed by atoms with Crippen molar-refractivity contribution < 1.29 is 23.5 Å². The van der Waals surface area contributed by atoms with Crippen LogP contribution in [0.3, 0.4) is 0 Å². The summed E-state index contributed by atoms with van der Waals surface area (Å²) in [5.41, 5.74) is 1.53. The number of benzene rings is 3. The average Bonchev–Trinajstić information content (AvgIpc) is 3.34. The molecule has 35 heavy (non-hydrogen) atoms. The number of nitrogens with zero attached hydrogens (tertiary/aromatic N) is 2. The Bertz CT molecular complexity index is 1430. The van der Waals surface area contributed by atoms with E-state index in [-0.39, 0.29) is 24.6 Å². The van der Waals surface area contributed by atoms with Gasteiger partial charge in [0, 0.05) is 12.1 Å². The van der Waals surface area contributed by atoms with Crippen LogP contribution in [-0.4, -0.2) is 36.4 Å². The van der Waals surface area contributed by atoms with Gasteiger partial charge in [-0.1, -0.05) is 36.4 Å². The summed E-state index contributed by atoms with van der Waals surface area (Å²) in [4.78, 5) is 39.8. The van der Waals surface area contributed by atoms with Crippen molar-refractivity contribution in [2.45, 2.75) is 12.1 Å². The number of methoxy groups -OCH3 is 1. The van der Waals surface area contributed by atoms with Crippen LogP contribution in [0.1, 0.15) is 27.0 Å². The number of nitriles is 1. The molecule has 8 nitrogen and oxygen atoms in total. The van der Waals surface area contributed by atoms with E-state index in [0.29, 0.717) is 28.0 Å². The number of carbonyl (C=O) groups excluding carboxylic acids is 3. The van der Waals surface area contributed by atoms with Crippen molar-refractivity contribution in [2.24, 2.45) is 0 Å². The summed E-state index contributed by atoms with van der Waals surface area (Å²) in [5.74, 6) is -0.883. The smallest absolute Gasteiger partial charge is 0.322 e. The first-order valence-electron chi connectivity index (χ1n) is 10.7. The highest BCUT2D eigenvalue weighted by molar-refractivity contribution is 6.08. The van der Waals surface area contributed by atoms with Gasteiger partial charge in [-0.2, -0.15) is 5.26 Å². The Morgan fingerprint density at radius 1 is 1.06 bits per heavy atom. The Morgan fingerprint density at radius 2 is 1.80 bits per heavy atom. The molecule has 1 atom stereocenters. The first-order chi connectivity index (χ1) is 16.8. The van der Waals surface area contributed by atoms with Crippen LogP contribution in [0.25, 0.3) is 11.1 Å². The van der Waals surface area contributed by atoms with Gasteiger partial charge in [-0.15, -0.1) is 0 Å². The third-order valence-electron chi connectivity index (χ3n) is 6.36. The van der Waals surface area contributed by atoms with Crippen LogP contribution >= 0.6 is 0 Å². The monoisotopic (exact) mass is 470 g/mol. The van der Waals surface area contributed by atoms with Gasteiger partial charge in [-0.3, -0.25) is 14.9 Å². The Morgan fingerprint density at radius 3 is 2.46 bits per heavy atom. The van der Waals surface area contributed by atoms with Crippen LogP contribution in [0.4, 0.5) is 9.18 Å². The number of rotatable bonds is 5. The second-order valence-corrected chi connectivity index (χ2v) is 8.38. The number of hydrogen-bond donors (Lipinski definition) is 2. The van der Waals surface area contributed by atoms with Crippen LogP contribution in [0.5, 0.6) is 5.75 Å². The van der Waals surface area contributed by atoms with Crippen molar-refractivity contribution in [3.05, 3.63) is 88.7 Å². The van der Waals surface area contributed by atoms with E-state index in [2.05, 4.69) is 10.6 Å². The summed E-state index contributed by atoms with van der Waals surface area (Å²) in [6.45, 7) is 0.211. The predicted octanol–water partition coefficient (Wildman–Crippen LogP) is 3.06. The average molecular weight is 470 g/mol. The van der Waals surface area contributed by atoms with E-state index < -0.39 is 23.3 Å². The molecule has 2 heterocycles. The molecule has 1 unspecified atom stereocenters. The molecule has 0 saturated carbocycles. The van der Waals surface area contributed by atoms with Crippen LogP contribution in [0.2, 0.25) is 0 Å². The molecular weight excluding hydrogens is 451 g/mol. The lowest BCUT2D eigenvalue weighted by molar-refractivity contribution is -0.124. The molecule has 0 bridgehead atoms. The molecule has 1 fully saturated rings. The highest BCUT2D eigenvalue weighted by Gasteiger charge is 2.50. The van der Waals surface area contributed by atoms with Crippen molar-refractivity contribution >= 4 is 17.8 Å². The highest BCUT2D eigenvalue weighted by Crippen LogP contribution is 2.33. The fraction of sp³-hybridized carbons (Fsp3) is 0.154. The number of imide groups is 1. The fourth-order valence-corrected chi connectivity index (χ4v) is 4.52. The fourth-order valence-electron chi connectivity index (χ4n) is 4.52. The minimum absolute atomic E-state index is 0.0745. The van der Waals surface area contributed by atoms with E-state index in [0.717, 1.165) is 5.56 Å². The van der Waals surface area contributed by atoms with Crippen LogP contribution in [0.15, 0.2) is 60.7 Å². The van der Waals surface area contributed by atoms with Crippen LogP contribution in [-0.2, 0) is 16.9 Å². The summed E-state index contributed by atoms with van der Waals surface area (Å²) >= 11 is 0. The van der Waals surface area contributed by atoms with Crippen molar-refractivity contribution in [2.75, 3.05) is 13.7 Å². The Hall–Kier alpha value is -4.71. The van der Waals surface area contributed by atoms with E-state index in [4.69, 9.17) is 10.00 Å². The summed E-state index contributed by atoms with van der Waals surface area (Å²) in [7, 11) is 1.52. The Kier molecular flexibility index (Phi) is 5.21. The molecule has 2 aliphatic rings.